The van der Waals surface area contributed by atoms with Gasteiger partial charge in [0.1, 0.15) is 5.75 Å². The van der Waals surface area contributed by atoms with E-state index in [0.717, 1.165) is 53.5 Å². The molecule has 0 aliphatic heterocycles. The lowest BCUT2D eigenvalue weighted by Gasteiger charge is -2.14. The first kappa shape index (κ1) is 26.6. The van der Waals surface area contributed by atoms with Gasteiger partial charge in [0.2, 0.25) is 11.6 Å². The van der Waals surface area contributed by atoms with Crippen molar-refractivity contribution in [1.82, 2.24) is 9.97 Å². The summed E-state index contributed by atoms with van der Waals surface area (Å²) >= 11 is 0. The van der Waals surface area contributed by atoms with Crippen molar-refractivity contribution in [3.63, 3.8) is 0 Å². The van der Waals surface area contributed by atoms with Gasteiger partial charge in [-0.05, 0) is 55.7 Å². The highest BCUT2D eigenvalue weighted by Crippen LogP contribution is 2.32. The molecule has 8 heteroatoms. The van der Waals surface area contributed by atoms with Crippen LogP contribution in [-0.4, -0.2) is 29.0 Å². The molecular weight excluding hydrogens is 482 g/mol. The van der Waals surface area contributed by atoms with E-state index >= 15 is 0 Å². The van der Waals surface area contributed by atoms with E-state index in [1.165, 1.54) is 26.3 Å². The molecule has 4 aromatic rings. The van der Waals surface area contributed by atoms with Gasteiger partial charge in [0.25, 0.3) is 5.91 Å². The molecule has 0 bridgehead atoms. The normalized spacial score (nSPS) is 10.7. The number of methoxy groups -OCH3 is 1. The van der Waals surface area contributed by atoms with Crippen LogP contribution in [0.15, 0.2) is 60.8 Å². The minimum absolute atomic E-state index is 0.0272. The summed E-state index contributed by atoms with van der Waals surface area (Å²) in [6, 6.07) is 16.8. The number of pyridine rings is 2. The van der Waals surface area contributed by atoms with Crippen molar-refractivity contribution < 1.29 is 23.8 Å². The first-order valence-corrected chi connectivity index (χ1v) is 12.6. The summed E-state index contributed by atoms with van der Waals surface area (Å²) < 4.78 is 16.5. The molecule has 2 heterocycles. The number of nitrogens with zero attached hydrogens (tertiary/aromatic N) is 2. The number of amides is 1. The highest BCUT2D eigenvalue weighted by Gasteiger charge is 2.21. The number of anilines is 1. The molecule has 0 spiro atoms. The summed E-state index contributed by atoms with van der Waals surface area (Å²) in [5.41, 5.74) is 3.51. The summed E-state index contributed by atoms with van der Waals surface area (Å²) in [7, 11) is 1.43. The fourth-order valence-corrected chi connectivity index (χ4v) is 4.08. The Bertz CT molecular complexity index is 1450. The highest BCUT2D eigenvalue weighted by atomic mass is 16.6. The third kappa shape index (κ3) is 6.45. The number of aryl methyl sites for hydroxylation is 2. The summed E-state index contributed by atoms with van der Waals surface area (Å²) in [6.07, 6.45) is 5.51. The van der Waals surface area contributed by atoms with Gasteiger partial charge < -0.3 is 19.5 Å². The van der Waals surface area contributed by atoms with Gasteiger partial charge in [0.15, 0.2) is 11.4 Å². The smallest absolute Gasteiger partial charge is 0.308 e. The van der Waals surface area contributed by atoms with E-state index in [1.54, 1.807) is 6.07 Å². The van der Waals surface area contributed by atoms with Gasteiger partial charge >= 0.3 is 5.97 Å². The molecule has 0 saturated heterocycles. The predicted octanol–water partition coefficient (Wildman–Crippen LogP) is 6.65. The van der Waals surface area contributed by atoms with E-state index in [4.69, 9.17) is 19.2 Å². The predicted molar refractivity (Wildman–Crippen MR) is 146 cm³/mol. The second-order valence-corrected chi connectivity index (χ2v) is 8.96. The number of aromatic nitrogens is 2. The number of carbonyl (C=O) groups excluding carboxylic acids is 2. The van der Waals surface area contributed by atoms with Gasteiger partial charge in [-0.15, -0.1) is 0 Å². The summed E-state index contributed by atoms with van der Waals surface area (Å²) in [4.78, 5) is 33.6. The number of unbranched alkanes of at least 4 members (excludes halogenated alkanes) is 2. The maximum Gasteiger partial charge on any atom is 0.308 e. The number of esters is 1. The number of hydrogen-bond acceptors (Lipinski definition) is 7. The quantitative estimate of drug-likeness (QED) is 0.187. The lowest BCUT2D eigenvalue weighted by Crippen LogP contribution is -2.17. The average molecular weight is 514 g/mol. The summed E-state index contributed by atoms with van der Waals surface area (Å²) in [5.74, 6) is 0.348. The lowest BCUT2D eigenvalue weighted by atomic mass is 10.0. The van der Waals surface area contributed by atoms with Gasteiger partial charge in [-0.25, -0.2) is 9.97 Å². The minimum Gasteiger partial charge on any atom is -0.493 e. The number of hydrogen-bond donors (Lipinski definition) is 1. The number of rotatable bonds is 10. The van der Waals surface area contributed by atoms with E-state index in [1.807, 2.05) is 49.4 Å². The second kappa shape index (κ2) is 12.2. The molecule has 1 N–H and O–H groups in total. The third-order valence-electron chi connectivity index (χ3n) is 5.97. The van der Waals surface area contributed by atoms with E-state index in [2.05, 4.69) is 17.2 Å². The molecule has 1 amide bonds. The van der Waals surface area contributed by atoms with Crippen LogP contribution >= 0.6 is 0 Å². The Kier molecular flexibility index (Phi) is 8.53. The SMILES string of the molecule is CCCCCc1cc(Oc2ccc(C)cc2)nc2ccc(NC(=O)c3nccc(OC)c3OC(C)=O)cc12. The molecule has 8 nitrogen and oxygen atoms in total. The van der Waals surface area contributed by atoms with Crippen LogP contribution in [-0.2, 0) is 11.2 Å². The summed E-state index contributed by atoms with van der Waals surface area (Å²) in [5, 5.41) is 3.79. The molecule has 0 radical (unpaired) electrons. The molecule has 0 aliphatic rings. The van der Waals surface area contributed by atoms with Gasteiger partial charge in [-0.3, -0.25) is 9.59 Å². The van der Waals surface area contributed by atoms with Crippen LogP contribution in [0.3, 0.4) is 0 Å². The van der Waals surface area contributed by atoms with Crippen LogP contribution in [0.4, 0.5) is 5.69 Å². The van der Waals surface area contributed by atoms with E-state index in [0.29, 0.717) is 11.6 Å². The van der Waals surface area contributed by atoms with Gasteiger partial charge in [-0.2, -0.15) is 0 Å². The fraction of sp³-hybridized carbons (Fsp3) is 0.267. The van der Waals surface area contributed by atoms with Gasteiger partial charge in [-0.1, -0.05) is 37.5 Å². The zero-order chi connectivity index (χ0) is 27.1. The van der Waals surface area contributed by atoms with Crippen LogP contribution < -0.4 is 19.5 Å². The lowest BCUT2D eigenvalue weighted by molar-refractivity contribution is -0.132. The topological polar surface area (TPSA) is 99.6 Å². The Morgan fingerprint density at radius 2 is 1.79 bits per heavy atom. The Balaban J connectivity index is 1.66. The molecule has 0 fully saturated rings. The average Bonchev–Trinajstić information content (AvgIpc) is 2.90. The van der Waals surface area contributed by atoms with Crippen molar-refractivity contribution >= 4 is 28.5 Å². The largest absolute Gasteiger partial charge is 0.493 e. The van der Waals surface area contributed by atoms with Crippen LogP contribution in [0.1, 0.15) is 54.7 Å². The maximum atomic E-state index is 13.1. The molecule has 0 unspecified atom stereocenters. The van der Waals surface area contributed by atoms with E-state index < -0.39 is 11.9 Å². The Morgan fingerprint density at radius 3 is 2.50 bits per heavy atom. The fourth-order valence-electron chi connectivity index (χ4n) is 4.08. The number of nitrogens with one attached hydrogen (secondary N) is 1. The molecule has 0 atom stereocenters. The molecule has 2 aromatic heterocycles. The summed E-state index contributed by atoms with van der Waals surface area (Å²) in [6.45, 7) is 5.45. The van der Waals surface area contributed by atoms with Crippen LogP contribution in [0.5, 0.6) is 23.1 Å². The van der Waals surface area contributed by atoms with Crippen molar-refractivity contribution in [2.45, 2.75) is 46.5 Å². The molecule has 4 rings (SSSR count). The molecule has 2 aromatic carbocycles. The van der Waals surface area contributed by atoms with Crippen LogP contribution in [0, 0.1) is 6.92 Å². The molecule has 0 saturated carbocycles. The van der Waals surface area contributed by atoms with Crippen molar-refractivity contribution in [3.8, 4) is 23.1 Å². The second-order valence-electron chi connectivity index (χ2n) is 8.96. The molecule has 196 valence electrons. The van der Waals surface area contributed by atoms with Crippen LogP contribution in [0.2, 0.25) is 0 Å². The maximum absolute atomic E-state index is 13.1. The zero-order valence-electron chi connectivity index (χ0n) is 22.0. The Labute approximate surface area is 222 Å². The Hall–Kier alpha value is -4.46. The van der Waals surface area contributed by atoms with Crippen molar-refractivity contribution in [1.29, 1.82) is 0 Å². The monoisotopic (exact) mass is 513 g/mol. The standard InChI is InChI=1S/C30H31N3O5/c1-5-6-7-8-21-17-27(38-23-12-9-19(2)10-13-23)33-25-14-11-22(18-24(21)25)32-30(35)28-29(37-20(3)34)26(36-4)15-16-31-28/h9-18H,5-8H2,1-4H3,(H,32,35). The van der Waals surface area contributed by atoms with Gasteiger partial charge in [0.05, 0.1) is 12.6 Å². The molecule has 38 heavy (non-hydrogen) atoms. The van der Waals surface area contributed by atoms with Crippen molar-refractivity contribution in [2.24, 2.45) is 0 Å². The van der Waals surface area contributed by atoms with E-state index in [-0.39, 0.29) is 17.2 Å². The minimum atomic E-state index is -0.581. The number of carbonyl (C=O) groups is 2. The van der Waals surface area contributed by atoms with Gasteiger partial charge in [0, 0.05) is 36.3 Å². The third-order valence-corrected chi connectivity index (χ3v) is 5.97. The zero-order valence-corrected chi connectivity index (χ0v) is 22.0. The van der Waals surface area contributed by atoms with Crippen molar-refractivity contribution in [3.05, 3.63) is 77.6 Å². The first-order valence-electron chi connectivity index (χ1n) is 12.6. The number of benzene rings is 2. The first-order chi connectivity index (χ1) is 18.4. The molecular formula is C30H31N3O5. The van der Waals surface area contributed by atoms with Crippen LogP contribution in [0.25, 0.3) is 10.9 Å². The molecule has 0 aliphatic carbocycles. The number of ether oxygens (including phenoxy) is 3. The Morgan fingerprint density at radius 1 is 1.00 bits per heavy atom. The number of fused-ring (bicyclic) bond motifs is 1. The van der Waals surface area contributed by atoms with Crippen molar-refractivity contribution in [2.75, 3.05) is 12.4 Å². The highest BCUT2D eigenvalue weighted by molar-refractivity contribution is 6.06. The van der Waals surface area contributed by atoms with E-state index in [9.17, 15) is 9.59 Å².